The smallest absolute Gasteiger partial charge is 0.343 e. The lowest BCUT2D eigenvalue weighted by Gasteiger charge is -2.13. The highest BCUT2D eigenvalue weighted by molar-refractivity contribution is 7.87. The zero-order valence-electron chi connectivity index (χ0n) is 6.41. The largest absolute Gasteiger partial charge is 0.534 e. The monoisotopic (exact) mass is 231 g/mol. The lowest BCUT2D eigenvalue weighted by Crippen LogP contribution is -2.27. The maximum atomic E-state index is 11.8. The molecule has 14 heavy (non-hydrogen) atoms. The van der Waals surface area contributed by atoms with Crippen molar-refractivity contribution in [3.05, 3.63) is 24.3 Å². The number of hydrogen-bond donors (Lipinski definition) is 1. The molecule has 1 heterocycles. The van der Waals surface area contributed by atoms with Gasteiger partial charge in [-0.2, -0.15) is 21.6 Å². The molecule has 0 spiro atoms. The van der Waals surface area contributed by atoms with E-state index in [-0.39, 0.29) is 0 Å². The molecule has 80 valence electrons. The minimum atomic E-state index is -5.66. The molecule has 0 aromatic heterocycles. The summed E-state index contributed by atoms with van der Waals surface area (Å²) in [7, 11) is -5.66. The van der Waals surface area contributed by atoms with Crippen LogP contribution in [0, 0.1) is 0 Å². The number of halogens is 3. The summed E-state index contributed by atoms with van der Waals surface area (Å²) in [6, 6.07) is 0. The first-order valence-corrected chi connectivity index (χ1v) is 4.54. The van der Waals surface area contributed by atoms with Crippen LogP contribution in [0.4, 0.5) is 13.2 Å². The molecule has 0 unspecified atom stereocenters. The predicted molar refractivity (Wildman–Crippen MR) is 37.5 cm³/mol. The molecular weight excluding hydrogens is 227 g/mol. The molecule has 9 heteroatoms. The van der Waals surface area contributed by atoms with Crippen LogP contribution >= 0.6 is 0 Å². The zero-order chi connectivity index (χ0) is 10.8. The van der Waals surface area contributed by atoms with Crippen LogP contribution in [0.5, 0.6) is 0 Å². The van der Waals surface area contributed by atoms with Gasteiger partial charge in [-0.1, -0.05) is 0 Å². The van der Waals surface area contributed by atoms with Crippen molar-refractivity contribution in [3.8, 4) is 0 Å². The van der Waals surface area contributed by atoms with Crippen LogP contribution in [0.3, 0.4) is 0 Å². The van der Waals surface area contributed by atoms with E-state index in [0.717, 1.165) is 6.08 Å². The van der Waals surface area contributed by atoms with Crippen molar-refractivity contribution >= 4 is 10.1 Å². The van der Waals surface area contributed by atoms with Crippen LogP contribution in [-0.2, 0) is 19.1 Å². The average molecular weight is 231 g/mol. The summed E-state index contributed by atoms with van der Waals surface area (Å²) in [5.74, 6) is -0.801. The van der Waals surface area contributed by atoms with Crippen molar-refractivity contribution < 1.29 is 30.6 Å². The summed E-state index contributed by atoms with van der Waals surface area (Å²) in [5.41, 5.74) is -3.47. The van der Waals surface area contributed by atoms with Crippen LogP contribution in [0.2, 0.25) is 0 Å². The second kappa shape index (κ2) is 3.40. The van der Waals surface area contributed by atoms with Gasteiger partial charge in [0.1, 0.15) is 0 Å². The van der Waals surface area contributed by atoms with Crippen molar-refractivity contribution in [1.29, 1.82) is 0 Å². The fraction of sp³-hybridized carbons (Fsp3) is 0.200. The van der Waals surface area contributed by atoms with Crippen molar-refractivity contribution in [2.45, 2.75) is 5.51 Å². The average Bonchev–Trinajstić information content (AvgIpc) is 2.03. The third-order valence-corrected chi connectivity index (χ3v) is 1.98. The number of hydrogen-bond acceptors (Lipinski definition) is 5. The van der Waals surface area contributed by atoms with Gasteiger partial charge < -0.3 is 9.02 Å². The Morgan fingerprint density at radius 1 is 1.43 bits per heavy atom. The number of nitrogens with one attached hydrogen (secondary N) is 1. The molecule has 0 aliphatic carbocycles. The van der Waals surface area contributed by atoms with Crippen molar-refractivity contribution in [3.63, 3.8) is 0 Å². The first kappa shape index (κ1) is 10.7. The molecule has 0 aromatic carbocycles. The van der Waals surface area contributed by atoms with Crippen molar-refractivity contribution in [1.82, 2.24) is 5.48 Å². The van der Waals surface area contributed by atoms with Gasteiger partial charge in [-0.25, -0.2) is 5.48 Å². The standard InChI is InChI=1S/C5H4F3NO4S/c6-5(7,8)14(10,11)13-4-2-1-3-9-12-4/h1-3,9H. The highest BCUT2D eigenvalue weighted by atomic mass is 32.2. The summed E-state index contributed by atoms with van der Waals surface area (Å²) in [4.78, 5) is 4.23. The van der Waals surface area contributed by atoms with Crippen LogP contribution in [0.15, 0.2) is 24.3 Å². The number of alkyl halides is 3. The fourth-order valence-corrected chi connectivity index (χ4v) is 0.893. The van der Waals surface area contributed by atoms with E-state index in [0.29, 0.717) is 0 Å². The van der Waals surface area contributed by atoms with Gasteiger partial charge in [0.05, 0.1) is 0 Å². The van der Waals surface area contributed by atoms with Crippen LogP contribution < -0.4 is 5.48 Å². The van der Waals surface area contributed by atoms with Gasteiger partial charge in [-0.15, -0.1) is 0 Å². The first-order chi connectivity index (χ1) is 6.33. The molecule has 1 N–H and O–H groups in total. The van der Waals surface area contributed by atoms with Gasteiger partial charge in [-0.05, 0) is 6.08 Å². The third-order valence-electron chi connectivity index (χ3n) is 1.03. The molecule has 1 rings (SSSR count). The molecular formula is C5H4F3NO4S. The van der Waals surface area contributed by atoms with E-state index >= 15 is 0 Å². The summed E-state index contributed by atoms with van der Waals surface area (Å²) >= 11 is 0. The molecule has 0 atom stereocenters. The molecule has 0 aromatic rings. The minimum Gasteiger partial charge on any atom is -0.343 e. The Bertz CT molecular complexity index is 369. The Hall–Kier alpha value is -1.38. The van der Waals surface area contributed by atoms with E-state index in [2.05, 4.69) is 9.02 Å². The third kappa shape index (κ3) is 2.31. The minimum absolute atomic E-state index is 0.801. The van der Waals surface area contributed by atoms with Crippen LogP contribution in [0.1, 0.15) is 0 Å². The van der Waals surface area contributed by atoms with Gasteiger partial charge >= 0.3 is 21.6 Å². The summed E-state index contributed by atoms with van der Waals surface area (Å²) < 4.78 is 59.7. The Morgan fingerprint density at radius 3 is 2.50 bits per heavy atom. The molecule has 0 radical (unpaired) electrons. The highest BCUT2D eigenvalue weighted by Gasteiger charge is 2.49. The Morgan fingerprint density at radius 2 is 2.07 bits per heavy atom. The Balaban J connectivity index is 2.79. The first-order valence-electron chi connectivity index (χ1n) is 3.13. The normalized spacial score (nSPS) is 16.6. The van der Waals surface area contributed by atoms with Crippen molar-refractivity contribution in [2.24, 2.45) is 0 Å². The van der Waals surface area contributed by atoms with Gasteiger partial charge in [-0.3, -0.25) is 0 Å². The number of rotatable bonds is 2. The van der Waals surface area contributed by atoms with E-state index in [4.69, 9.17) is 0 Å². The highest BCUT2D eigenvalue weighted by Crippen LogP contribution is 2.26. The summed E-state index contributed by atoms with van der Waals surface area (Å²) in [6.07, 6.45) is 3.36. The number of hydroxylamine groups is 1. The topological polar surface area (TPSA) is 64.6 Å². The van der Waals surface area contributed by atoms with Gasteiger partial charge in [0.2, 0.25) is 0 Å². The molecule has 0 fully saturated rings. The molecule has 0 bridgehead atoms. The van der Waals surface area contributed by atoms with Crippen molar-refractivity contribution in [2.75, 3.05) is 0 Å². The Labute approximate surface area is 76.9 Å². The van der Waals surface area contributed by atoms with E-state index < -0.39 is 21.6 Å². The molecule has 0 amide bonds. The SMILES string of the molecule is O=S(=O)(OC1=CC=CNO1)C(F)(F)F. The van der Waals surface area contributed by atoms with E-state index in [1.165, 1.54) is 12.3 Å². The predicted octanol–water partition coefficient (Wildman–Crippen LogP) is 0.743. The fourth-order valence-electron chi connectivity index (χ4n) is 0.492. The lowest BCUT2D eigenvalue weighted by molar-refractivity contribution is -0.0583. The maximum Gasteiger partial charge on any atom is 0.534 e. The van der Waals surface area contributed by atoms with E-state index in [9.17, 15) is 21.6 Å². The second-order valence-electron chi connectivity index (χ2n) is 2.05. The van der Waals surface area contributed by atoms with Gasteiger partial charge in [0.25, 0.3) is 0 Å². The van der Waals surface area contributed by atoms with Gasteiger partial charge in [0.15, 0.2) is 0 Å². The molecule has 5 nitrogen and oxygen atoms in total. The van der Waals surface area contributed by atoms with Crippen LogP contribution in [-0.4, -0.2) is 13.9 Å². The molecule has 0 saturated carbocycles. The van der Waals surface area contributed by atoms with Crippen LogP contribution in [0.25, 0.3) is 0 Å². The zero-order valence-corrected chi connectivity index (χ0v) is 7.22. The molecule has 1 aliphatic heterocycles. The summed E-state index contributed by atoms with van der Waals surface area (Å²) in [6.45, 7) is 0. The molecule has 0 saturated heterocycles. The Kier molecular flexibility index (Phi) is 2.60. The molecule has 1 aliphatic rings. The van der Waals surface area contributed by atoms with E-state index in [1.54, 1.807) is 0 Å². The quantitative estimate of drug-likeness (QED) is 0.561. The van der Waals surface area contributed by atoms with E-state index in [1.807, 2.05) is 5.48 Å². The second-order valence-corrected chi connectivity index (χ2v) is 3.59. The summed E-state index contributed by atoms with van der Waals surface area (Å²) in [5, 5.41) is 0. The lowest BCUT2D eigenvalue weighted by atomic mass is 10.5. The van der Waals surface area contributed by atoms with Gasteiger partial charge in [0, 0.05) is 12.3 Å². The number of allylic oxidation sites excluding steroid dienone is 2. The maximum absolute atomic E-state index is 11.8.